The average molecular weight is 200 g/mol. The Hall–Kier alpha value is -0.240. The lowest BCUT2D eigenvalue weighted by molar-refractivity contribution is -0.122. The fourth-order valence-electron chi connectivity index (χ4n) is 1.60. The minimum atomic E-state index is -0.0163. The monoisotopic (exact) mass is 200 g/mol. The summed E-state index contributed by atoms with van der Waals surface area (Å²) in [6.07, 6.45) is 0.650. The Morgan fingerprint density at radius 2 is 1.69 bits per heavy atom. The van der Waals surface area contributed by atoms with Gasteiger partial charge in [-0.1, -0.05) is 39.9 Å². The Bertz CT molecular complexity index is 194. The molecule has 76 valence electrons. The lowest BCUT2D eigenvalue weighted by Crippen LogP contribution is -2.26. The summed E-state index contributed by atoms with van der Waals surface area (Å²) < 4.78 is 0. The molecule has 0 rings (SSSR count). The number of hydrogen-bond acceptors (Lipinski definition) is 2. The van der Waals surface area contributed by atoms with Crippen LogP contribution in [0, 0.1) is 17.8 Å². The van der Waals surface area contributed by atoms with Gasteiger partial charge in [0.1, 0.15) is 5.78 Å². The Morgan fingerprint density at radius 1 is 1.23 bits per heavy atom. The highest BCUT2D eigenvalue weighted by molar-refractivity contribution is 7.80. The van der Waals surface area contributed by atoms with Gasteiger partial charge in [0.25, 0.3) is 0 Å². The summed E-state index contributed by atoms with van der Waals surface area (Å²) in [5.74, 6) is 1.06. The smallest absolute Gasteiger partial charge is 0.141 e. The Labute approximate surface area is 86.9 Å². The van der Waals surface area contributed by atoms with E-state index in [1.54, 1.807) is 0 Å². The topological polar surface area (TPSA) is 17.1 Å². The molecule has 0 aliphatic carbocycles. The lowest BCUT2D eigenvalue weighted by atomic mass is 9.85. The first-order valence-electron chi connectivity index (χ1n) is 4.89. The van der Waals surface area contributed by atoms with E-state index < -0.39 is 0 Å². The quantitative estimate of drug-likeness (QED) is 0.634. The van der Waals surface area contributed by atoms with Gasteiger partial charge in [-0.2, -0.15) is 0 Å². The zero-order valence-corrected chi connectivity index (χ0v) is 10.1. The SMILES string of the molecule is CC(=S)C(C(=O)CC(C)C)C(C)C. The summed E-state index contributed by atoms with van der Waals surface area (Å²) in [5.41, 5.74) is 0. The van der Waals surface area contributed by atoms with E-state index in [1.165, 1.54) is 0 Å². The van der Waals surface area contributed by atoms with Gasteiger partial charge in [0.15, 0.2) is 0 Å². The predicted molar refractivity (Wildman–Crippen MR) is 61.1 cm³/mol. The molecule has 2 heteroatoms. The molecule has 0 radical (unpaired) electrons. The average Bonchev–Trinajstić information content (AvgIpc) is 1.81. The van der Waals surface area contributed by atoms with Gasteiger partial charge < -0.3 is 0 Å². The van der Waals surface area contributed by atoms with Crippen molar-refractivity contribution in [3.8, 4) is 0 Å². The molecule has 1 nitrogen and oxygen atoms in total. The molecule has 0 aromatic rings. The van der Waals surface area contributed by atoms with Crippen molar-refractivity contribution in [3.63, 3.8) is 0 Å². The minimum Gasteiger partial charge on any atom is -0.299 e. The molecular weight excluding hydrogens is 180 g/mol. The Morgan fingerprint density at radius 3 is 1.92 bits per heavy atom. The number of thiocarbonyl (C=S) groups is 1. The molecule has 0 aromatic carbocycles. The normalized spacial score (nSPS) is 13.5. The zero-order chi connectivity index (χ0) is 10.6. The summed E-state index contributed by atoms with van der Waals surface area (Å²) in [6.45, 7) is 10.1. The van der Waals surface area contributed by atoms with Crippen molar-refractivity contribution in [2.45, 2.75) is 41.0 Å². The number of carbonyl (C=O) groups excluding carboxylic acids is 1. The van der Waals surface area contributed by atoms with Gasteiger partial charge in [-0.3, -0.25) is 4.79 Å². The molecule has 0 aliphatic rings. The van der Waals surface area contributed by atoms with Gasteiger partial charge in [-0.05, 0) is 18.8 Å². The number of carbonyl (C=O) groups is 1. The van der Waals surface area contributed by atoms with Gasteiger partial charge in [0, 0.05) is 11.3 Å². The molecule has 0 saturated carbocycles. The highest BCUT2D eigenvalue weighted by Crippen LogP contribution is 2.18. The predicted octanol–water partition coefficient (Wildman–Crippen LogP) is 3.26. The number of hydrogen-bond donors (Lipinski definition) is 0. The maximum atomic E-state index is 11.7. The Balaban J connectivity index is 4.38. The van der Waals surface area contributed by atoms with Crippen LogP contribution in [0.4, 0.5) is 0 Å². The second kappa shape index (κ2) is 5.48. The largest absolute Gasteiger partial charge is 0.299 e. The van der Waals surface area contributed by atoms with Crippen molar-refractivity contribution in [1.29, 1.82) is 0 Å². The molecule has 0 fully saturated rings. The standard InChI is InChI=1S/C11H20OS/c1-7(2)6-10(12)11(8(3)4)9(5)13/h7-8,11H,6H2,1-5H3. The van der Waals surface area contributed by atoms with Crippen LogP contribution in [0.2, 0.25) is 0 Å². The molecule has 13 heavy (non-hydrogen) atoms. The van der Waals surface area contributed by atoms with Gasteiger partial charge in [-0.25, -0.2) is 0 Å². The van der Waals surface area contributed by atoms with E-state index in [4.69, 9.17) is 12.2 Å². The highest BCUT2D eigenvalue weighted by atomic mass is 32.1. The number of rotatable bonds is 5. The van der Waals surface area contributed by atoms with E-state index in [2.05, 4.69) is 27.7 Å². The van der Waals surface area contributed by atoms with Crippen LogP contribution < -0.4 is 0 Å². The van der Waals surface area contributed by atoms with Crippen LogP contribution in [0.25, 0.3) is 0 Å². The lowest BCUT2D eigenvalue weighted by Gasteiger charge is -2.19. The first-order valence-corrected chi connectivity index (χ1v) is 5.30. The summed E-state index contributed by atoms with van der Waals surface area (Å²) in [7, 11) is 0. The summed E-state index contributed by atoms with van der Waals surface area (Å²) in [4.78, 5) is 12.6. The fourth-order valence-corrected chi connectivity index (χ4v) is 2.00. The van der Waals surface area contributed by atoms with Crippen LogP contribution >= 0.6 is 12.2 Å². The van der Waals surface area contributed by atoms with E-state index in [-0.39, 0.29) is 5.92 Å². The van der Waals surface area contributed by atoms with Crippen LogP contribution in [0.5, 0.6) is 0 Å². The second-order valence-corrected chi connectivity index (χ2v) is 5.04. The molecule has 0 spiro atoms. The van der Waals surface area contributed by atoms with E-state index in [1.807, 2.05) is 6.92 Å². The van der Waals surface area contributed by atoms with Crippen molar-refractivity contribution in [3.05, 3.63) is 0 Å². The molecule has 1 atom stereocenters. The number of ketones is 1. The van der Waals surface area contributed by atoms with Crippen molar-refractivity contribution in [1.82, 2.24) is 0 Å². The first-order chi connectivity index (χ1) is 5.86. The molecular formula is C11H20OS. The van der Waals surface area contributed by atoms with Gasteiger partial charge >= 0.3 is 0 Å². The third-order valence-electron chi connectivity index (χ3n) is 2.06. The maximum Gasteiger partial charge on any atom is 0.141 e. The molecule has 0 heterocycles. The second-order valence-electron chi connectivity index (χ2n) is 4.40. The molecule has 0 aromatic heterocycles. The van der Waals surface area contributed by atoms with E-state index >= 15 is 0 Å². The van der Waals surface area contributed by atoms with Crippen LogP contribution in [0.15, 0.2) is 0 Å². The molecule has 0 saturated heterocycles. The van der Waals surface area contributed by atoms with Crippen molar-refractivity contribution < 1.29 is 4.79 Å². The van der Waals surface area contributed by atoms with Crippen LogP contribution in [-0.2, 0) is 4.79 Å². The molecule has 0 N–H and O–H groups in total. The summed E-state index contributed by atoms with van der Waals surface area (Å²) in [6, 6.07) is 0. The molecule has 0 amide bonds. The van der Waals surface area contributed by atoms with Crippen LogP contribution in [0.1, 0.15) is 41.0 Å². The number of Topliss-reactive ketones (excluding diaryl/α,β-unsaturated/α-hetero) is 1. The highest BCUT2D eigenvalue weighted by Gasteiger charge is 2.23. The fraction of sp³-hybridized carbons (Fsp3) is 0.818. The molecule has 1 unspecified atom stereocenters. The van der Waals surface area contributed by atoms with E-state index in [0.717, 1.165) is 4.86 Å². The minimum absolute atomic E-state index is 0.0163. The molecule has 0 aliphatic heterocycles. The van der Waals surface area contributed by atoms with Crippen molar-refractivity contribution in [2.75, 3.05) is 0 Å². The van der Waals surface area contributed by atoms with Gasteiger partial charge in [-0.15, -0.1) is 0 Å². The third kappa shape index (κ3) is 4.51. The van der Waals surface area contributed by atoms with Gasteiger partial charge in [0.05, 0.1) is 5.92 Å². The third-order valence-corrected chi connectivity index (χ3v) is 2.31. The van der Waals surface area contributed by atoms with Gasteiger partial charge in [0.2, 0.25) is 0 Å². The summed E-state index contributed by atoms with van der Waals surface area (Å²) >= 11 is 5.10. The van der Waals surface area contributed by atoms with E-state index in [9.17, 15) is 4.79 Å². The molecule has 0 bridgehead atoms. The van der Waals surface area contributed by atoms with Crippen molar-refractivity contribution >= 4 is 22.9 Å². The first kappa shape index (κ1) is 12.8. The van der Waals surface area contributed by atoms with Crippen LogP contribution in [-0.4, -0.2) is 10.6 Å². The Kier molecular flexibility index (Phi) is 5.38. The zero-order valence-electron chi connectivity index (χ0n) is 9.26. The van der Waals surface area contributed by atoms with E-state index in [0.29, 0.717) is 24.0 Å². The van der Waals surface area contributed by atoms with Crippen molar-refractivity contribution in [2.24, 2.45) is 17.8 Å². The van der Waals surface area contributed by atoms with Crippen LogP contribution in [0.3, 0.4) is 0 Å². The maximum absolute atomic E-state index is 11.7. The summed E-state index contributed by atoms with van der Waals surface area (Å²) in [5, 5.41) is 0.